The van der Waals surface area contributed by atoms with E-state index in [1.54, 1.807) is 0 Å². The molecule has 1 saturated heterocycles. The molecule has 1 aliphatic heterocycles. The third-order valence-corrected chi connectivity index (χ3v) is 2.81. The van der Waals surface area contributed by atoms with Gasteiger partial charge in [0.05, 0.1) is 6.04 Å². The van der Waals surface area contributed by atoms with Gasteiger partial charge >= 0.3 is 0 Å². The summed E-state index contributed by atoms with van der Waals surface area (Å²) >= 11 is 0. The van der Waals surface area contributed by atoms with Gasteiger partial charge in [0, 0.05) is 12.3 Å². The molecule has 0 spiro atoms. The van der Waals surface area contributed by atoms with Gasteiger partial charge in [0.15, 0.2) is 0 Å². The van der Waals surface area contributed by atoms with E-state index in [1.807, 2.05) is 0 Å². The second kappa shape index (κ2) is 3.36. The SMILES string of the molecule is CCCC1=CC=CC2NC(=O)CC12. The van der Waals surface area contributed by atoms with Crippen LogP contribution in [0.4, 0.5) is 0 Å². The fourth-order valence-corrected chi connectivity index (χ4v) is 2.20. The first-order valence-electron chi connectivity index (χ1n) is 4.98. The molecule has 0 radical (unpaired) electrons. The number of nitrogens with one attached hydrogen (secondary N) is 1. The summed E-state index contributed by atoms with van der Waals surface area (Å²) in [5, 5.41) is 2.98. The van der Waals surface area contributed by atoms with Gasteiger partial charge in [0.1, 0.15) is 0 Å². The lowest BCUT2D eigenvalue weighted by molar-refractivity contribution is -0.119. The summed E-state index contributed by atoms with van der Waals surface area (Å²) in [6.45, 7) is 2.18. The third kappa shape index (κ3) is 1.53. The molecule has 0 saturated carbocycles. The summed E-state index contributed by atoms with van der Waals surface area (Å²) in [4.78, 5) is 11.2. The van der Waals surface area contributed by atoms with Gasteiger partial charge in [-0.05, 0) is 6.42 Å². The lowest BCUT2D eigenvalue weighted by atomic mass is 9.85. The van der Waals surface area contributed by atoms with Crippen LogP contribution in [0.3, 0.4) is 0 Å². The van der Waals surface area contributed by atoms with E-state index in [2.05, 4.69) is 30.5 Å². The molecule has 13 heavy (non-hydrogen) atoms. The zero-order valence-electron chi connectivity index (χ0n) is 7.92. The summed E-state index contributed by atoms with van der Waals surface area (Å²) in [7, 11) is 0. The van der Waals surface area contributed by atoms with Crippen molar-refractivity contribution in [2.24, 2.45) is 5.92 Å². The van der Waals surface area contributed by atoms with Crippen molar-refractivity contribution in [3.63, 3.8) is 0 Å². The number of fused-ring (bicyclic) bond motifs is 1. The molecule has 0 aromatic carbocycles. The highest BCUT2D eigenvalue weighted by Gasteiger charge is 2.33. The molecule has 0 aromatic heterocycles. The van der Waals surface area contributed by atoms with E-state index >= 15 is 0 Å². The molecule has 2 nitrogen and oxygen atoms in total. The Morgan fingerprint density at radius 3 is 3.23 bits per heavy atom. The van der Waals surface area contributed by atoms with Gasteiger partial charge in [-0.1, -0.05) is 37.1 Å². The molecule has 1 fully saturated rings. The highest BCUT2D eigenvalue weighted by molar-refractivity contribution is 5.80. The average molecular weight is 177 g/mol. The van der Waals surface area contributed by atoms with Gasteiger partial charge < -0.3 is 5.32 Å². The summed E-state index contributed by atoms with van der Waals surface area (Å²) in [5.41, 5.74) is 1.44. The van der Waals surface area contributed by atoms with Crippen molar-refractivity contribution < 1.29 is 4.79 Å². The maximum absolute atomic E-state index is 11.2. The molecule has 1 heterocycles. The lowest BCUT2D eigenvalue weighted by Crippen LogP contribution is -2.28. The third-order valence-electron chi connectivity index (χ3n) is 2.81. The van der Waals surface area contributed by atoms with Crippen LogP contribution in [0.25, 0.3) is 0 Å². The van der Waals surface area contributed by atoms with E-state index in [4.69, 9.17) is 0 Å². The monoisotopic (exact) mass is 177 g/mol. The van der Waals surface area contributed by atoms with Gasteiger partial charge in [-0.2, -0.15) is 0 Å². The van der Waals surface area contributed by atoms with Crippen molar-refractivity contribution in [3.05, 3.63) is 23.8 Å². The number of carbonyl (C=O) groups is 1. The molecule has 1 N–H and O–H groups in total. The summed E-state index contributed by atoms with van der Waals surface area (Å²) in [6.07, 6.45) is 9.30. The van der Waals surface area contributed by atoms with Crippen molar-refractivity contribution in [3.8, 4) is 0 Å². The van der Waals surface area contributed by atoms with E-state index in [-0.39, 0.29) is 11.9 Å². The second-order valence-corrected chi connectivity index (χ2v) is 3.78. The first-order valence-corrected chi connectivity index (χ1v) is 4.98. The van der Waals surface area contributed by atoms with E-state index in [0.717, 1.165) is 12.8 Å². The second-order valence-electron chi connectivity index (χ2n) is 3.78. The van der Waals surface area contributed by atoms with Crippen molar-refractivity contribution in [2.45, 2.75) is 32.2 Å². The molecular formula is C11H15NO. The van der Waals surface area contributed by atoms with Crippen LogP contribution in [-0.4, -0.2) is 11.9 Å². The molecule has 2 aliphatic rings. The Balaban J connectivity index is 2.15. The number of amides is 1. The van der Waals surface area contributed by atoms with E-state index < -0.39 is 0 Å². The fraction of sp³-hybridized carbons (Fsp3) is 0.545. The summed E-state index contributed by atoms with van der Waals surface area (Å²) in [5.74, 6) is 0.640. The minimum Gasteiger partial charge on any atom is -0.349 e. The molecule has 1 amide bonds. The van der Waals surface area contributed by atoms with Crippen molar-refractivity contribution in [1.29, 1.82) is 0 Å². The Morgan fingerprint density at radius 1 is 1.62 bits per heavy atom. The van der Waals surface area contributed by atoms with Crippen LogP contribution in [0, 0.1) is 5.92 Å². The fourth-order valence-electron chi connectivity index (χ4n) is 2.20. The lowest BCUT2D eigenvalue weighted by Gasteiger charge is -2.21. The number of carbonyl (C=O) groups excluding carboxylic acids is 1. The molecule has 2 rings (SSSR count). The van der Waals surface area contributed by atoms with Crippen molar-refractivity contribution in [1.82, 2.24) is 5.32 Å². The van der Waals surface area contributed by atoms with Crippen molar-refractivity contribution >= 4 is 5.91 Å². The molecule has 70 valence electrons. The quantitative estimate of drug-likeness (QED) is 0.684. The molecule has 1 aliphatic carbocycles. The summed E-state index contributed by atoms with van der Waals surface area (Å²) < 4.78 is 0. The van der Waals surface area contributed by atoms with Gasteiger partial charge in [0.2, 0.25) is 5.91 Å². The van der Waals surface area contributed by atoms with Crippen molar-refractivity contribution in [2.75, 3.05) is 0 Å². The minimum atomic E-state index is 0.198. The first-order chi connectivity index (χ1) is 6.31. The number of hydrogen-bond acceptors (Lipinski definition) is 1. The van der Waals surface area contributed by atoms with Crippen LogP contribution in [0.1, 0.15) is 26.2 Å². The Bertz CT molecular complexity index is 278. The highest BCUT2D eigenvalue weighted by atomic mass is 16.1. The van der Waals surface area contributed by atoms with Crippen LogP contribution in [0.15, 0.2) is 23.8 Å². The maximum Gasteiger partial charge on any atom is 0.221 e. The van der Waals surface area contributed by atoms with Crippen LogP contribution in [0.2, 0.25) is 0 Å². The van der Waals surface area contributed by atoms with Crippen LogP contribution in [0.5, 0.6) is 0 Å². The largest absolute Gasteiger partial charge is 0.349 e. The van der Waals surface area contributed by atoms with E-state index in [1.165, 1.54) is 5.57 Å². The molecule has 0 bridgehead atoms. The Morgan fingerprint density at radius 2 is 2.46 bits per heavy atom. The molecule has 2 unspecified atom stereocenters. The van der Waals surface area contributed by atoms with Crippen LogP contribution < -0.4 is 5.32 Å². The highest BCUT2D eigenvalue weighted by Crippen LogP contribution is 2.31. The van der Waals surface area contributed by atoms with Crippen LogP contribution >= 0.6 is 0 Å². The van der Waals surface area contributed by atoms with Gasteiger partial charge in [-0.3, -0.25) is 4.79 Å². The maximum atomic E-state index is 11.2. The predicted molar refractivity (Wildman–Crippen MR) is 52.2 cm³/mol. The number of hydrogen-bond donors (Lipinski definition) is 1. The van der Waals surface area contributed by atoms with E-state index in [9.17, 15) is 4.79 Å². The van der Waals surface area contributed by atoms with Gasteiger partial charge in [0.25, 0.3) is 0 Å². The van der Waals surface area contributed by atoms with Gasteiger partial charge in [-0.15, -0.1) is 0 Å². The molecule has 2 heteroatoms. The topological polar surface area (TPSA) is 29.1 Å². The molecule has 2 atom stereocenters. The number of rotatable bonds is 2. The predicted octanol–water partition coefficient (Wildman–Crippen LogP) is 1.79. The van der Waals surface area contributed by atoms with E-state index in [0.29, 0.717) is 12.3 Å². The normalized spacial score (nSPS) is 31.2. The minimum absolute atomic E-state index is 0.198. The Kier molecular flexibility index (Phi) is 2.21. The average Bonchev–Trinajstić information content (AvgIpc) is 2.47. The molecule has 0 aromatic rings. The zero-order valence-corrected chi connectivity index (χ0v) is 7.92. The standard InChI is InChI=1S/C11H15NO/c1-2-4-8-5-3-6-10-9(8)7-11(13)12-10/h3,5-6,9-10H,2,4,7H2,1H3,(H,12,13). The first kappa shape index (κ1) is 8.54. The molecular weight excluding hydrogens is 162 g/mol. The Hall–Kier alpha value is -1.05. The van der Waals surface area contributed by atoms with Gasteiger partial charge in [-0.25, -0.2) is 0 Å². The zero-order chi connectivity index (χ0) is 9.26. The smallest absolute Gasteiger partial charge is 0.221 e. The number of allylic oxidation sites excluding steroid dienone is 2. The summed E-state index contributed by atoms with van der Waals surface area (Å²) in [6, 6.07) is 0.277. The Labute approximate surface area is 78.7 Å². The van der Waals surface area contributed by atoms with Crippen LogP contribution in [-0.2, 0) is 4.79 Å².